The Labute approximate surface area is 102 Å². The van der Waals surface area contributed by atoms with Crippen LogP contribution in [0, 0.1) is 5.41 Å². The first kappa shape index (κ1) is 13.7. The van der Waals surface area contributed by atoms with Crippen LogP contribution in [-0.2, 0) is 9.09 Å². The molecule has 1 aromatic rings. The van der Waals surface area contributed by atoms with Crippen LogP contribution in [0.15, 0.2) is 37.1 Å². The number of benzene rings is 1. The number of rotatable bonds is 4. The topological polar surface area (TPSA) is 43.4 Å². The third-order valence-corrected chi connectivity index (χ3v) is 3.44. The highest BCUT2D eigenvalue weighted by Crippen LogP contribution is 2.24. The Morgan fingerprint density at radius 1 is 1.29 bits per heavy atom. The first-order valence-corrected chi connectivity index (χ1v) is 6.64. The molecule has 0 saturated heterocycles. The largest absolute Gasteiger partial charge is 0.450 e. The molecule has 1 atom stereocenters. The zero-order chi connectivity index (χ0) is 13.1. The van der Waals surface area contributed by atoms with E-state index in [9.17, 15) is 9.36 Å². The Morgan fingerprint density at radius 2 is 1.82 bits per heavy atom. The van der Waals surface area contributed by atoms with E-state index < -0.39 is 13.4 Å². The molecule has 92 valence electrons. The lowest BCUT2D eigenvalue weighted by atomic mass is 9.87. The zero-order valence-electron chi connectivity index (χ0n) is 10.3. The van der Waals surface area contributed by atoms with Gasteiger partial charge in [-0.25, -0.2) is 0 Å². The first-order valence-electron chi connectivity index (χ1n) is 5.33. The maximum atomic E-state index is 12.0. The third-order valence-electron chi connectivity index (χ3n) is 2.25. The van der Waals surface area contributed by atoms with Crippen molar-refractivity contribution in [3.8, 4) is 0 Å². The highest BCUT2D eigenvalue weighted by molar-refractivity contribution is 7.48. The van der Waals surface area contributed by atoms with Gasteiger partial charge in [-0.3, -0.25) is 9.36 Å². The molecule has 0 radical (unpaired) electrons. The molecule has 3 nitrogen and oxygen atoms in total. The predicted molar refractivity (Wildman–Crippen MR) is 70.1 cm³/mol. The highest BCUT2D eigenvalue weighted by atomic mass is 31.1. The van der Waals surface area contributed by atoms with Crippen LogP contribution in [0.4, 0.5) is 0 Å². The fraction of sp³-hybridized carbons (Fsp3) is 0.308. The van der Waals surface area contributed by atoms with E-state index in [-0.39, 0.29) is 5.78 Å². The highest BCUT2D eigenvalue weighted by Gasteiger charge is 2.22. The average Bonchev–Trinajstić information content (AvgIpc) is 2.27. The number of carbonyl (C=O) groups excluding carboxylic acids is 1. The molecular weight excluding hydrogens is 235 g/mol. The van der Waals surface area contributed by atoms with E-state index in [0.717, 1.165) is 6.26 Å². The molecule has 0 amide bonds. The van der Waals surface area contributed by atoms with Crippen LogP contribution in [0.3, 0.4) is 0 Å². The van der Waals surface area contributed by atoms with Gasteiger partial charge >= 0.3 is 0 Å². The monoisotopic (exact) mass is 252 g/mol. The van der Waals surface area contributed by atoms with Crippen molar-refractivity contribution in [1.29, 1.82) is 0 Å². The fourth-order valence-corrected chi connectivity index (χ4v) is 2.06. The Morgan fingerprint density at radius 3 is 2.24 bits per heavy atom. The Balaban J connectivity index is 2.92. The lowest BCUT2D eigenvalue weighted by Crippen LogP contribution is -2.20. The van der Waals surface area contributed by atoms with E-state index >= 15 is 0 Å². The molecule has 0 aromatic heterocycles. The molecule has 17 heavy (non-hydrogen) atoms. The van der Waals surface area contributed by atoms with Crippen molar-refractivity contribution in [1.82, 2.24) is 0 Å². The number of carbonyl (C=O) groups is 1. The van der Waals surface area contributed by atoms with Crippen LogP contribution >= 0.6 is 8.03 Å². The van der Waals surface area contributed by atoms with E-state index in [1.54, 1.807) is 24.3 Å². The van der Waals surface area contributed by atoms with Gasteiger partial charge in [0, 0.05) is 16.3 Å². The smallest absolute Gasteiger partial charge is 0.265 e. The molecule has 0 heterocycles. The summed E-state index contributed by atoms with van der Waals surface area (Å²) < 4.78 is 16.4. The summed E-state index contributed by atoms with van der Waals surface area (Å²) in [5.74, 6) is 0.0633. The number of hydrogen-bond donors (Lipinski definition) is 0. The quantitative estimate of drug-likeness (QED) is 0.469. The summed E-state index contributed by atoms with van der Waals surface area (Å²) in [5, 5.41) is 0.584. The van der Waals surface area contributed by atoms with Gasteiger partial charge < -0.3 is 4.52 Å². The predicted octanol–water partition coefficient (Wildman–Crippen LogP) is 3.18. The molecule has 1 rings (SSSR count). The summed E-state index contributed by atoms with van der Waals surface area (Å²) in [6, 6.07) is 6.67. The second-order valence-electron chi connectivity index (χ2n) is 4.73. The minimum atomic E-state index is -2.27. The maximum Gasteiger partial charge on any atom is 0.265 e. The van der Waals surface area contributed by atoms with E-state index in [1.807, 2.05) is 20.8 Å². The van der Waals surface area contributed by atoms with Gasteiger partial charge in [0.1, 0.15) is 0 Å². The standard InChI is InChI=1S/C13H17O3P/c1-5-16-17(15)11-8-6-10(7-9-11)12(14)13(2,3)4/h5-9,17H,1H2,2-4H3. The Bertz CT molecular complexity index is 441. The molecule has 0 saturated carbocycles. The van der Waals surface area contributed by atoms with Crippen molar-refractivity contribution in [2.24, 2.45) is 5.41 Å². The minimum Gasteiger partial charge on any atom is -0.450 e. The van der Waals surface area contributed by atoms with Gasteiger partial charge in [0.25, 0.3) is 8.03 Å². The van der Waals surface area contributed by atoms with Crippen LogP contribution in [0.25, 0.3) is 0 Å². The van der Waals surface area contributed by atoms with Gasteiger partial charge in [0.05, 0.1) is 6.26 Å². The molecule has 4 heteroatoms. The van der Waals surface area contributed by atoms with Crippen molar-refractivity contribution in [2.75, 3.05) is 0 Å². The van der Waals surface area contributed by atoms with Crippen LogP contribution in [-0.4, -0.2) is 5.78 Å². The third kappa shape index (κ3) is 3.57. The maximum absolute atomic E-state index is 12.0. The summed E-state index contributed by atoms with van der Waals surface area (Å²) in [6.45, 7) is 8.96. The summed E-state index contributed by atoms with van der Waals surface area (Å²) >= 11 is 0. The molecule has 0 fully saturated rings. The van der Waals surface area contributed by atoms with Gasteiger partial charge in [-0.1, -0.05) is 39.5 Å². The van der Waals surface area contributed by atoms with Gasteiger partial charge in [0.15, 0.2) is 5.78 Å². The SMILES string of the molecule is C=CO[PH](=O)c1ccc(C(=O)C(C)(C)C)cc1. The lowest BCUT2D eigenvalue weighted by molar-refractivity contribution is 0.0858. The van der Waals surface area contributed by atoms with Crippen molar-refractivity contribution in [2.45, 2.75) is 20.8 Å². The average molecular weight is 252 g/mol. The van der Waals surface area contributed by atoms with Crippen molar-refractivity contribution >= 4 is 19.1 Å². The summed E-state index contributed by atoms with van der Waals surface area (Å²) in [5.41, 5.74) is 0.208. The van der Waals surface area contributed by atoms with Crippen molar-refractivity contribution in [3.05, 3.63) is 42.7 Å². The van der Waals surface area contributed by atoms with Crippen LogP contribution in [0.1, 0.15) is 31.1 Å². The molecule has 0 bridgehead atoms. The van der Waals surface area contributed by atoms with E-state index in [1.165, 1.54) is 0 Å². The molecule has 0 aliphatic heterocycles. The first-order chi connectivity index (χ1) is 7.86. The Kier molecular flexibility index (Phi) is 4.30. The molecule has 1 unspecified atom stereocenters. The lowest BCUT2D eigenvalue weighted by Gasteiger charge is -2.16. The molecule has 0 N–H and O–H groups in total. The molecule has 0 aliphatic rings. The zero-order valence-corrected chi connectivity index (χ0v) is 11.3. The summed E-state index contributed by atoms with van der Waals surface area (Å²) in [6.07, 6.45) is 1.16. The van der Waals surface area contributed by atoms with Crippen LogP contribution in [0.2, 0.25) is 0 Å². The molecule has 0 aliphatic carbocycles. The van der Waals surface area contributed by atoms with E-state index in [2.05, 4.69) is 6.58 Å². The van der Waals surface area contributed by atoms with Gasteiger partial charge in [-0.2, -0.15) is 0 Å². The molecular formula is C13H17O3P. The second-order valence-corrected chi connectivity index (χ2v) is 6.12. The van der Waals surface area contributed by atoms with Crippen LogP contribution < -0.4 is 5.30 Å². The van der Waals surface area contributed by atoms with Gasteiger partial charge in [-0.15, -0.1) is 0 Å². The Hall–Kier alpha value is -1.34. The van der Waals surface area contributed by atoms with E-state index in [4.69, 9.17) is 4.52 Å². The second kappa shape index (κ2) is 5.33. The van der Waals surface area contributed by atoms with Gasteiger partial charge in [-0.05, 0) is 12.1 Å². The summed E-state index contributed by atoms with van der Waals surface area (Å²) in [7, 11) is -2.27. The number of Topliss-reactive ketones (excluding diaryl/α,β-unsaturated/α-hetero) is 1. The van der Waals surface area contributed by atoms with Crippen molar-refractivity contribution < 1.29 is 13.9 Å². The summed E-state index contributed by atoms with van der Waals surface area (Å²) in [4.78, 5) is 12.0. The molecule has 1 aromatic carbocycles. The fourth-order valence-electron chi connectivity index (χ4n) is 1.33. The van der Waals surface area contributed by atoms with E-state index in [0.29, 0.717) is 10.9 Å². The normalized spacial score (nSPS) is 12.9. The van der Waals surface area contributed by atoms with Crippen LogP contribution in [0.5, 0.6) is 0 Å². The molecule has 0 spiro atoms. The van der Waals surface area contributed by atoms with Crippen molar-refractivity contribution in [3.63, 3.8) is 0 Å². The number of hydrogen-bond acceptors (Lipinski definition) is 3. The minimum absolute atomic E-state index is 0.0633. The number of ketones is 1. The van der Waals surface area contributed by atoms with Gasteiger partial charge in [0.2, 0.25) is 0 Å².